The number of aliphatic hydroxyl groups is 1. The van der Waals surface area contributed by atoms with E-state index in [1.807, 2.05) is 12.1 Å². The van der Waals surface area contributed by atoms with E-state index in [0.717, 1.165) is 69.8 Å². The second kappa shape index (κ2) is 12.8. The fourth-order valence-electron chi connectivity index (χ4n) is 4.48. The topological polar surface area (TPSA) is 63.6 Å². The summed E-state index contributed by atoms with van der Waals surface area (Å²) in [5.41, 5.74) is 2.22. The van der Waals surface area contributed by atoms with Crippen molar-refractivity contribution in [3.8, 4) is 0 Å². The van der Waals surface area contributed by atoms with E-state index in [1.165, 1.54) is 12.7 Å². The number of benzene rings is 1. The minimum absolute atomic E-state index is 0.121. The lowest BCUT2D eigenvalue weighted by molar-refractivity contribution is -0.140. The first-order valence-electron chi connectivity index (χ1n) is 11.4. The molecule has 162 valence electrons. The zero-order valence-corrected chi connectivity index (χ0v) is 18.2. The van der Waals surface area contributed by atoms with Crippen LogP contribution in [0.15, 0.2) is 24.3 Å². The van der Waals surface area contributed by atoms with Crippen LogP contribution in [0.3, 0.4) is 0 Å². The van der Waals surface area contributed by atoms with Crippen molar-refractivity contribution in [1.29, 1.82) is 0 Å². The molecule has 4 nitrogen and oxygen atoms in total. The highest BCUT2D eigenvalue weighted by atomic mass is 16.5. The van der Waals surface area contributed by atoms with Gasteiger partial charge in [0.25, 0.3) is 0 Å². The van der Waals surface area contributed by atoms with Gasteiger partial charge in [0.2, 0.25) is 0 Å². The second-order valence-electron chi connectivity index (χ2n) is 8.43. The van der Waals surface area contributed by atoms with Gasteiger partial charge in [-0.25, -0.2) is 0 Å². The fourth-order valence-corrected chi connectivity index (χ4v) is 4.48. The Bertz CT molecular complexity index is 622. The van der Waals surface area contributed by atoms with Crippen molar-refractivity contribution in [2.45, 2.75) is 96.0 Å². The summed E-state index contributed by atoms with van der Waals surface area (Å²) in [5.74, 6) is 0.683. The van der Waals surface area contributed by atoms with Crippen LogP contribution in [0.4, 0.5) is 0 Å². The maximum Gasteiger partial charge on any atom is 0.305 e. The van der Waals surface area contributed by atoms with E-state index in [4.69, 9.17) is 0 Å². The van der Waals surface area contributed by atoms with Gasteiger partial charge in [-0.2, -0.15) is 0 Å². The van der Waals surface area contributed by atoms with E-state index < -0.39 is 0 Å². The zero-order valence-electron chi connectivity index (χ0n) is 18.2. The standard InChI is InChI=1S/C25H38O4/c1-3-4-7-11-23(26)20-15-13-19(14-16-20)21-17-18-24(27)22(21)10-8-5-6-9-12-25(28)29-2/h13-16,21-23,26H,3-12,17-18H2,1-2H3. The van der Waals surface area contributed by atoms with Gasteiger partial charge in [-0.3, -0.25) is 9.59 Å². The molecule has 0 amide bonds. The Morgan fingerprint density at radius 1 is 1.10 bits per heavy atom. The number of methoxy groups -OCH3 is 1. The molecule has 3 unspecified atom stereocenters. The Hall–Kier alpha value is -1.68. The zero-order chi connectivity index (χ0) is 21.1. The van der Waals surface area contributed by atoms with Gasteiger partial charge in [0, 0.05) is 18.8 Å². The Kier molecular flexibility index (Phi) is 10.4. The molecular formula is C25H38O4. The molecule has 29 heavy (non-hydrogen) atoms. The van der Waals surface area contributed by atoms with Crippen LogP contribution in [0.25, 0.3) is 0 Å². The van der Waals surface area contributed by atoms with E-state index in [2.05, 4.69) is 23.8 Å². The van der Waals surface area contributed by atoms with Crippen molar-refractivity contribution in [2.24, 2.45) is 5.92 Å². The lowest BCUT2D eigenvalue weighted by atomic mass is 9.84. The van der Waals surface area contributed by atoms with Crippen molar-refractivity contribution in [2.75, 3.05) is 7.11 Å². The third-order valence-corrected chi connectivity index (χ3v) is 6.31. The number of hydrogen-bond acceptors (Lipinski definition) is 4. The summed E-state index contributed by atoms with van der Waals surface area (Å²) in [6.07, 6.45) is 10.8. The van der Waals surface area contributed by atoms with Gasteiger partial charge in [0.15, 0.2) is 0 Å². The Morgan fingerprint density at radius 3 is 2.52 bits per heavy atom. The van der Waals surface area contributed by atoms with Crippen molar-refractivity contribution >= 4 is 11.8 Å². The predicted octanol–water partition coefficient (Wildman–Crippen LogP) is 5.88. The Labute approximate surface area is 176 Å². The lowest BCUT2D eigenvalue weighted by Gasteiger charge is -2.20. The smallest absolute Gasteiger partial charge is 0.305 e. The molecule has 0 spiro atoms. The molecule has 1 aliphatic rings. The van der Waals surface area contributed by atoms with E-state index in [1.54, 1.807) is 0 Å². The molecule has 2 rings (SSSR count). The maximum absolute atomic E-state index is 12.4. The van der Waals surface area contributed by atoms with Crippen LogP contribution in [0, 0.1) is 5.92 Å². The van der Waals surface area contributed by atoms with E-state index >= 15 is 0 Å². The summed E-state index contributed by atoms with van der Waals surface area (Å²) < 4.78 is 4.66. The number of rotatable bonds is 13. The summed E-state index contributed by atoms with van der Waals surface area (Å²) >= 11 is 0. The molecule has 0 bridgehead atoms. The number of Topliss-reactive ketones (excluding diaryl/α,β-unsaturated/α-hetero) is 1. The number of aliphatic hydroxyl groups excluding tert-OH is 1. The third kappa shape index (κ3) is 7.58. The molecule has 1 N–H and O–H groups in total. The van der Waals surface area contributed by atoms with E-state index in [9.17, 15) is 14.7 Å². The highest BCUT2D eigenvalue weighted by Crippen LogP contribution is 2.40. The van der Waals surface area contributed by atoms with Crippen molar-refractivity contribution in [3.63, 3.8) is 0 Å². The number of unbranched alkanes of at least 4 members (excludes halogenated alkanes) is 5. The quantitative estimate of drug-likeness (QED) is 0.331. The fraction of sp³-hybridized carbons (Fsp3) is 0.680. The van der Waals surface area contributed by atoms with Crippen LogP contribution < -0.4 is 0 Å². The lowest BCUT2D eigenvalue weighted by Crippen LogP contribution is -2.13. The summed E-state index contributed by atoms with van der Waals surface area (Å²) in [6, 6.07) is 8.31. The molecule has 4 heteroatoms. The van der Waals surface area contributed by atoms with Crippen LogP contribution >= 0.6 is 0 Å². The van der Waals surface area contributed by atoms with Crippen LogP contribution in [0.1, 0.15) is 107 Å². The number of ketones is 1. The Balaban J connectivity index is 1.82. The maximum atomic E-state index is 12.4. The molecule has 0 saturated heterocycles. The highest BCUT2D eigenvalue weighted by molar-refractivity contribution is 5.84. The number of hydrogen-bond donors (Lipinski definition) is 1. The normalized spacial score (nSPS) is 20.0. The summed E-state index contributed by atoms with van der Waals surface area (Å²) in [5, 5.41) is 10.4. The van der Waals surface area contributed by atoms with Crippen LogP contribution in [0.5, 0.6) is 0 Å². The van der Waals surface area contributed by atoms with Gasteiger partial charge < -0.3 is 9.84 Å². The van der Waals surface area contributed by atoms with E-state index in [0.29, 0.717) is 24.5 Å². The van der Waals surface area contributed by atoms with Crippen LogP contribution in [0.2, 0.25) is 0 Å². The SMILES string of the molecule is CCCCCC(O)c1ccc(C2CCC(=O)C2CCCCCCC(=O)OC)cc1. The molecule has 0 aromatic heterocycles. The molecule has 0 heterocycles. The largest absolute Gasteiger partial charge is 0.469 e. The number of carbonyl (C=O) groups excluding carboxylic acids is 2. The molecule has 1 fully saturated rings. The highest BCUT2D eigenvalue weighted by Gasteiger charge is 2.34. The molecule has 0 radical (unpaired) electrons. The number of ether oxygens (including phenoxy) is 1. The molecule has 3 atom stereocenters. The monoisotopic (exact) mass is 402 g/mol. The number of esters is 1. The first-order valence-corrected chi connectivity index (χ1v) is 11.4. The minimum atomic E-state index is -0.387. The summed E-state index contributed by atoms with van der Waals surface area (Å²) in [7, 11) is 1.42. The first kappa shape index (κ1) is 23.6. The third-order valence-electron chi connectivity index (χ3n) is 6.31. The molecular weight excluding hydrogens is 364 g/mol. The minimum Gasteiger partial charge on any atom is -0.469 e. The van der Waals surface area contributed by atoms with Crippen LogP contribution in [-0.4, -0.2) is 24.0 Å². The summed E-state index contributed by atoms with van der Waals surface area (Å²) in [6.45, 7) is 2.17. The van der Waals surface area contributed by atoms with E-state index in [-0.39, 0.29) is 18.0 Å². The van der Waals surface area contributed by atoms with Gasteiger partial charge >= 0.3 is 5.97 Å². The summed E-state index contributed by atoms with van der Waals surface area (Å²) in [4.78, 5) is 23.6. The van der Waals surface area contributed by atoms with Gasteiger partial charge in [-0.15, -0.1) is 0 Å². The first-order chi connectivity index (χ1) is 14.1. The average Bonchev–Trinajstić information content (AvgIpc) is 3.10. The Morgan fingerprint density at radius 2 is 1.83 bits per heavy atom. The predicted molar refractivity (Wildman–Crippen MR) is 116 cm³/mol. The van der Waals surface area contributed by atoms with Crippen LogP contribution in [-0.2, 0) is 14.3 Å². The van der Waals surface area contributed by atoms with Gasteiger partial charge in [0.05, 0.1) is 13.2 Å². The molecule has 0 aliphatic heterocycles. The van der Waals surface area contributed by atoms with Crippen molar-refractivity contribution in [3.05, 3.63) is 35.4 Å². The van der Waals surface area contributed by atoms with Gasteiger partial charge in [-0.1, -0.05) is 69.7 Å². The molecule has 1 aromatic carbocycles. The molecule has 1 aromatic rings. The number of carbonyl (C=O) groups is 2. The van der Waals surface area contributed by atoms with Gasteiger partial charge in [-0.05, 0) is 42.7 Å². The van der Waals surface area contributed by atoms with Gasteiger partial charge in [0.1, 0.15) is 5.78 Å². The molecule has 1 saturated carbocycles. The molecule has 1 aliphatic carbocycles. The second-order valence-corrected chi connectivity index (χ2v) is 8.43. The van der Waals surface area contributed by atoms with Crippen molar-refractivity contribution < 1.29 is 19.4 Å². The van der Waals surface area contributed by atoms with Crippen molar-refractivity contribution in [1.82, 2.24) is 0 Å². The average molecular weight is 403 g/mol.